The zero-order chi connectivity index (χ0) is 15.0. The number of carbonyl (C=O) groups excluding carboxylic acids is 1. The molecule has 0 bridgehead atoms. The molecule has 1 aliphatic rings. The lowest BCUT2D eigenvalue weighted by Gasteiger charge is -2.07. The van der Waals surface area contributed by atoms with Gasteiger partial charge in [-0.25, -0.2) is 5.10 Å². The van der Waals surface area contributed by atoms with Crippen LogP contribution in [-0.2, 0) is 11.0 Å². The highest BCUT2D eigenvalue weighted by atomic mass is 19.4. The monoisotopic (exact) mass is 296 g/mol. The van der Waals surface area contributed by atoms with E-state index in [2.05, 4.69) is 20.5 Å². The predicted molar refractivity (Wildman–Crippen MR) is 67.3 cm³/mol. The highest BCUT2D eigenvalue weighted by molar-refractivity contribution is 5.93. The third kappa shape index (κ3) is 2.88. The van der Waals surface area contributed by atoms with Crippen molar-refractivity contribution in [3.05, 3.63) is 41.7 Å². The van der Waals surface area contributed by atoms with Crippen molar-refractivity contribution in [2.45, 2.75) is 18.5 Å². The number of hydrogen-bond donors (Lipinski definition) is 2. The number of carbonyl (C=O) groups is 1. The second-order valence-corrected chi connectivity index (χ2v) is 4.89. The van der Waals surface area contributed by atoms with E-state index in [0.717, 1.165) is 17.7 Å². The molecule has 0 radical (unpaired) electrons. The van der Waals surface area contributed by atoms with Crippen molar-refractivity contribution in [1.29, 1.82) is 0 Å². The lowest BCUT2D eigenvalue weighted by Crippen LogP contribution is -2.15. The minimum atomic E-state index is -4.34. The largest absolute Gasteiger partial charge is 0.416 e. The normalized spacial score (nSPS) is 21.1. The van der Waals surface area contributed by atoms with Crippen molar-refractivity contribution in [2.24, 2.45) is 5.92 Å². The number of aromatic amines is 1. The molecule has 2 atom stereocenters. The fourth-order valence-corrected chi connectivity index (χ4v) is 2.25. The molecule has 0 spiro atoms. The first-order valence-electron chi connectivity index (χ1n) is 6.28. The topological polar surface area (TPSA) is 70.7 Å². The van der Waals surface area contributed by atoms with Gasteiger partial charge in [0.1, 0.15) is 6.33 Å². The van der Waals surface area contributed by atoms with Crippen LogP contribution in [0.5, 0.6) is 0 Å². The van der Waals surface area contributed by atoms with E-state index in [9.17, 15) is 18.0 Å². The van der Waals surface area contributed by atoms with Gasteiger partial charge in [0, 0.05) is 5.92 Å². The SMILES string of the molecule is O=C(Nc1ncn[nH]1)[C@H]1C[C@H]1c1ccc(C(F)(F)F)cc1. The minimum absolute atomic E-state index is 0.0461. The molecule has 1 aliphatic carbocycles. The molecular formula is C13H11F3N4O. The number of anilines is 1. The Labute approximate surface area is 117 Å². The molecule has 1 aromatic heterocycles. The molecule has 21 heavy (non-hydrogen) atoms. The number of H-pyrrole nitrogens is 1. The van der Waals surface area contributed by atoms with Crippen LogP contribution < -0.4 is 5.32 Å². The first-order chi connectivity index (χ1) is 9.95. The summed E-state index contributed by atoms with van der Waals surface area (Å²) in [5.41, 5.74) is 0.0512. The molecule has 0 unspecified atom stereocenters. The van der Waals surface area contributed by atoms with E-state index in [1.165, 1.54) is 18.5 Å². The molecule has 1 amide bonds. The second kappa shape index (κ2) is 4.87. The summed E-state index contributed by atoms with van der Waals surface area (Å²) in [7, 11) is 0. The molecule has 110 valence electrons. The van der Waals surface area contributed by atoms with Crippen molar-refractivity contribution in [3.63, 3.8) is 0 Å². The smallest absolute Gasteiger partial charge is 0.295 e. The lowest BCUT2D eigenvalue weighted by atomic mass is 10.1. The van der Waals surface area contributed by atoms with Crippen molar-refractivity contribution < 1.29 is 18.0 Å². The minimum Gasteiger partial charge on any atom is -0.295 e. The number of aromatic nitrogens is 3. The van der Waals surface area contributed by atoms with Gasteiger partial charge in [-0.05, 0) is 30.0 Å². The molecule has 2 N–H and O–H groups in total. The fourth-order valence-electron chi connectivity index (χ4n) is 2.25. The summed E-state index contributed by atoms with van der Waals surface area (Å²) >= 11 is 0. The van der Waals surface area contributed by atoms with Crippen LogP contribution in [-0.4, -0.2) is 21.1 Å². The zero-order valence-corrected chi connectivity index (χ0v) is 10.7. The molecular weight excluding hydrogens is 285 g/mol. The van der Waals surface area contributed by atoms with Gasteiger partial charge < -0.3 is 0 Å². The summed E-state index contributed by atoms with van der Waals surface area (Å²) in [6, 6.07) is 4.93. The van der Waals surface area contributed by atoms with Gasteiger partial charge in [0.25, 0.3) is 0 Å². The number of benzene rings is 1. The van der Waals surface area contributed by atoms with Gasteiger partial charge in [0.15, 0.2) is 0 Å². The molecule has 0 aliphatic heterocycles. The third-order valence-corrected chi connectivity index (χ3v) is 3.45. The molecule has 1 saturated carbocycles. The van der Waals surface area contributed by atoms with Gasteiger partial charge in [-0.1, -0.05) is 12.1 Å². The summed E-state index contributed by atoms with van der Waals surface area (Å²) in [5, 5.41) is 8.69. The maximum Gasteiger partial charge on any atom is 0.416 e. The highest BCUT2D eigenvalue weighted by Gasteiger charge is 2.44. The summed E-state index contributed by atoms with van der Waals surface area (Å²) < 4.78 is 37.4. The van der Waals surface area contributed by atoms with Crippen LogP contribution >= 0.6 is 0 Å². The Morgan fingerprint density at radius 1 is 1.29 bits per heavy atom. The Balaban J connectivity index is 1.63. The number of amides is 1. The maximum atomic E-state index is 12.5. The molecule has 5 nitrogen and oxygen atoms in total. The molecule has 1 heterocycles. The van der Waals surface area contributed by atoms with E-state index in [1.54, 1.807) is 0 Å². The Morgan fingerprint density at radius 3 is 2.57 bits per heavy atom. The van der Waals surface area contributed by atoms with Crippen molar-refractivity contribution >= 4 is 11.9 Å². The summed E-state index contributed by atoms with van der Waals surface area (Å²) in [6.45, 7) is 0. The summed E-state index contributed by atoms with van der Waals surface area (Å²) in [5.74, 6) is -0.239. The molecule has 0 saturated heterocycles. The molecule has 2 aromatic rings. The predicted octanol–water partition coefficient (Wildman–Crippen LogP) is 2.57. The zero-order valence-electron chi connectivity index (χ0n) is 10.7. The number of halogens is 3. The van der Waals surface area contributed by atoms with Gasteiger partial charge in [-0.2, -0.15) is 23.3 Å². The maximum absolute atomic E-state index is 12.5. The first kappa shape index (κ1) is 13.6. The van der Waals surface area contributed by atoms with Gasteiger partial charge in [0.05, 0.1) is 5.56 Å². The Hall–Kier alpha value is -2.38. The Bertz CT molecular complexity index is 636. The average Bonchev–Trinajstić information content (AvgIpc) is 3.09. The lowest BCUT2D eigenvalue weighted by molar-refractivity contribution is -0.137. The number of nitrogens with zero attached hydrogens (tertiary/aromatic N) is 2. The molecule has 1 aromatic carbocycles. The van der Waals surface area contributed by atoms with Gasteiger partial charge >= 0.3 is 6.18 Å². The second-order valence-electron chi connectivity index (χ2n) is 4.89. The highest BCUT2D eigenvalue weighted by Crippen LogP contribution is 2.48. The van der Waals surface area contributed by atoms with Gasteiger partial charge in [0.2, 0.25) is 11.9 Å². The standard InChI is InChI=1S/C13H11F3N4O/c14-13(15,16)8-3-1-7(2-4-8)9-5-10(9)11(21)19-12-17-6-18-20-12/h1-4,6,9-10H,5H2,(H2,17,18,19,20,21)/t9-,10-/m0/s1. The van der Waals surface area contributed by atoms with Crippen LogP contribution in [0.1, 0.15) is 23.5 Å². The van der Waals surface area contributed by atoms with E-state index in [-0.39, 0.29) is 23.7 Å². The average molecular weight is 296 g/mol. The first-order valence-corrected chi connectivity index (χ1v) is 6.28. The Morgan fingerprint density at radius 2 is 2.00 bits per heavy atom. The van der Waals surface area contributed by atoms with Crippen molar-refractivity contribution in [3.8, 4) is 0 Å². The number of alkyl halides is 3. The van der Waals surface area contributed by atoms with Crippen molar-refractivity contribution in [1.82, 2.24) is 15.2 Å². The van der Waals surface area contributed by atoms with Crippen LogP contribution in [0.4, 0.5) is 19.1 Å². The third-order valence-electron chi connectivity index (χ3n) is 3.45. The number of hydrogen-bond acceptors (Lipinski definition) is 3. The van der Waals surface area contributed by atoms with Crippen LogP contribution in [0.25, 0.3) is 0 Å². The number of rotatable bonds is 3. The van der Waals surface area contributed by atoms with Crippen LogP contribution in [0, 0.1) is 5.92 Å². The van der Waals surface area contributed by atoms with E-state index in [4.69, 9.17) is 0 Å². The fraction of sp³-hybridized carbons (Fsp3) is 0.308. The molecule has 8 heteroatoms. The van der Waals surface area contributed by atoms with E-state index < -0.39 is 11.7 Å². The molecule has 3 rings (SSSR count). The summed E-state index contributed by atoms with van der Waals surface area (Å²) in [6.07, 6.45) is -2.45. The number of nitrogens with one attached hydrogen (secondary N) is 2. The van der Waals surface area contributed by atoms with E-state index >= 15 is 0 Å². The quantitative estimate of drug-likeness (QED) is 0.914. The van der Waals surface area contributed by atoms with Crippen molar-refractivity contribution in [2.75, 3.05) is 5.32 Å². The van der Waals surface area contributed by atoms with Crippen LogP contribution in [0.15, 0.2) is 30.6 Å². The van der Waals surface area contributed by atoms with E-state index in [0.29, 0.717) is 6.42 Å². The van der Waals surface area contributed by atoms with Gasteiger partial charge in [-0.3, -0.25) is 10.1 Å². The van der Waals surface area contributed by atoms with Crippen LogP contribution in [0.3, 0.4) is 0 Å². The molecule has 1 fully saturated rings. The van der Waals surface area contributed by atoms with Gasteiger partial charge in [-0.15, -0.1) is 0 Å². The van der Waals surface area contributed by atoms with E-state index in [1.807, 2.05) is 0 Å². The Kier molecular flexibility index (Phi) is 3.15. The van der Waals surface area contributed by atoms with Crippen LogP contribution in [0.2, 0.25) is 0 Å². The summed E-state index contributed by atoms with van der Waals surface area (Å²) in [4.78, 5) is 15.7.